The molecule has 0 saturated carbocycles. The monoisotopic (exact) mass is 294 g/mol. The largest absolute Gasteiger partial charge is 0.504 e. The molecule has 1 fully saturated rings. The van der Waals surface area contributed by atoms with Crippen LogP contribution in [0.15, 0.2) is 28.1 Å². The molecule has 0 radical (unpaired) electrons. The molecule has 0 aliphatic carbocycles. The number of ether oxygens (including phenoxy) is 1. The third kappa shape index (κ3) is 3.31. The van der Waals surface area contributed by atoms with Crippen molar-refractivity contribution in [1.29, 1.82) is 0 Å². The van der Waals surface area contributed by atoms with Crippen molar-refractivity contribution in [2.45, 2.75) is 0 Å². The molecule has 106 valence electrons. The molecule has 1 aliphatic rings. The Morgan fingerprint density at radius 3 is 3.00 bits per heavy atom. The number of aromatic hydroxyl groups is 1. The summed E-state index contributed by atoms with van der Waals surface area (Å²) in [6.07, 6.45) is 1.68. The number of hydrogen-bond acceptors (Lipinski definition) is 6. The lowest BCUT2D eigenvalue weighted by molar-refractivity contribution is -0.115. The minimum atomic E-state index is -0.237. The van der Waals surface area contributed by atoms with Crippen LogP contribution >= 0.6 is 11.8 Å². The maximum absolute atomic E-state index is 11.7. The molecule has 20 heavy (non-hydrogen) atoms. The number of nitrogens with zero attached hydrogens (tertiary/aromatic N) is 1. The van der Waals surface area contributed by atoms with Crippen molar-refractivity contribution in [2.24, 2.45) is 4.99 Å². The van der Waals surface area contributed by atoms with Crippen LogP contribution in [0.5, 0.6) is 11.5 Å². The minimum Gasteiger partial charge on any atom is -0.504 e. The predicted molar refractivity (Wildman–Crippen MR) is 77.8 cm³/mol. The van der Waals surface area contributed by atoms with E-state index in [0.717, 1.165) is 5.56 Å². The zero-order chi connectivity index (χ0) is 14.5. The van der Waals surface area contributed by atoms with E-state index >= 15 is 0 Å². The Morgan fingerprint density at radius 1 is 1.50 bits per heavy atom. The summed E-state index contributed by atoms with van der Waals surface area (Å²) in [5.74, 6) is 0.152. The molecular weight excluding hydrogens is 280 g/mol. The molecule has 1 heterocycles. The van der Waals surface area contributed by atoms with Crippen molar-refractivity contribution >= 4 is 28.9 Å². The lowest BCUT2D eigenvalue weighted by atomic mass is 10.2. The molecule has 1 saturated heterocycles. The number of hydrogen-bond donors (Lipinski definition) is 3. The third-order valence-electron chi connectivity index (χ3n) is 2.51. The van der Waals surface area contributed by atoms with E-state index in [1.54, 1.807) is 18.2 Å². The van der Waals surface area contributed by atoms with E-state index in [9.17, 15) is 9.90 Å². The summed E-state index contributed by atoms with van der Waals surface area (Å²) in [4.78, 5) is 16.3. The number of aliphatic hydroxyl groups excluding tert-OH is 1. The number of phenolic OH excluding ortho intramolecular Hbond substituents is 1. The zero-order valence-corrected chi connectivity index (χ0v) is 11.6. The van der Waals surface area contributed by atoms with Gasteiger partial charge in [-0.15, -0.1) is 0 Å². The number of benzene rings is 1. The quantitative estimate of drug-likeness (QED) is 0.719. The lowest BCUT2D eigenvalue weighted by Gasteiger charge is -2.03. The molecule has 0 unspecified atom stereocenters. The molecule has 6 nitrogen and oxygen atoms in total. The van der Waals surface area contributed by atoms with Crippen LogP contribution in [0.3, 0.4) is 0 Å². The Kier molecular flexibility index (Phi) is 4.65. The molecule has 3 N–H and O–H groups in total. The summed E-state index contributed by atoms with van der Waals surface area (Å²) in [6, 6.07) is 4.82. The van der Waals surface area contributed by atoms with Crippen LogP contribution in [0.25, 0.3) is 6.08 Å². The first-order chi connectivity index (χ1) is 9.63. The van der Waals surface area contributed by atoms with Crippen LogP contribution < -0.4 is 10.1 Å². The molecule has 0 bridgehead atoms. The number of phenols is 1. The maximum Gasteiger partial charge on any atom is 0.264 e. The Balaban J connectivity index is 2.21. The highest BCUT2D eigenvalue weighted by molar-refractivity contribution is 8.18. The highest BCUT2D eigenvalue weighted by Gasteiger charge is 2.23. The van der Waals surface area contributed by atoms with E-state index in [2.05, 4.69) is 10.3 Å². The number of amides is 1. The van der Waals surface area contributed by atoms with Gasteiger partial charge in [-0.3, -0.25) is 9.79 Å². The first-order valence-electron chi connectivity index (χ1n) is 5.87. The van der Waals surface area contributed by atoms with E-state index in [0.29, 0.717) is 15.8 Å². The second-order valence-corrected chi connectivity index (χ2v) is 4.94. The second kappa shape index (κ2) is 6.44. The van der Waals surface area contributed by atoms with Crippen molar-refractivity contribution in [2.75, 3.05) is 20.3 Å². The number of rotatable bonds is 4. The van der Waals surface area contributed by atoms with E-state index in [4.69, 9.17) is 9.84 Å². The van der Waals surface area contributed by atoms with Crippen molar-refractivity contribution in [3.05, 3.63) is 28.7 Å². The number of thioether (sulfide) groups is 1. The lowest BCUT2D eigenvalue weighted by Crippen LogP contribution is -2.20. The fourth-order valence-electron chi connectivity index (χ4n) is 1.59. The van der Waals surface area contributed by atoms with Gasteiger partial charge in [0, 0.05) is 0 Å². The SMILES string of the molecule is COc1cc(/C=C2\SC(=NCCO)NC2=O)ccc1O. The second-order valence-electron chi connectivity index (χ2n) is 3.91. The van der Waals surface area contributed by atoms with Gasteiger partial charge in [0.15, 0.2) is 16.7 Å². The molecule has 0 atom stereocenters. The van der Waals surface area contributed by atoms with Crippen LogP contribution in [-0.4, -0.2) is 41.5 Å². The van der Waals surface area contributed by atoms with Crippen molar-refractivity contribution in [3.8, 4) is 11.5 Å². The molecule has 1 amide bonds. The van der Waals surface area contributed by atoms with Gasteiger partial charge in [0.05, 0.1) is 25.2 Å². The zero-order valence-electron chi connectivity index (χ0n) is 10.8. The Hall–Kier alpha value is -1.99. The number of carbonyl (C=O) groups is 1. The van der Waals surface area contributed by atoms with Gasteiger partial charge in [0.1, 0.15) is 0 Å². The van der Waals surface area contributed by atoms with E-state index in [1.807, 2.05) is 0 Å². The van der Waals surface area contributed by atoms with Crippen molar-refractivity contribution in [1.82, 2.24) is 5.32 Å². The van der Waals surface area contributed by atoms with E-state index in [-0.39, 0.29) is 24.8 Å². The average Bonchev–Trinajstić information content (AvgIpc) is 2.79. The van der Waals surface area contributed by atoms with Gasteiger partial charge in [0.2, 0.25) is 0 Å². The third-order valence-corrected chi connectivity index (χ3v) is 3.46. The standard InChI is InChI=1S/C13H14N2O4S/c1-19-10-6-8(2-3-9(10)17)7-11-12(18)15-13(20-11)14-4-5-16/h2-3,6-7,16-17H,4-5H2,1H3,(H,14,15,18)/b11-7-. The normalized spacial score (nSPS) is 18.6. The molecule has 0 aromatic heterocycles. The highest BCUT2D eigenvalue weighted by atomic mass is 32.2. The average molecular weight is 294 g/mol. The number of methoxy groups -OCH3 is 1. The number of amidine groups is 1. The van der Waals surface area contributed by atoms with Crippen molar-refractivity contribution in [3.63, 3.8) is 0 Å². The molecule has 7 heteroatoms. The van der Waals surface area contributed by atoms with Gasteiger partial charge >= 0.3 is 0 Å². The number of aliphatic hydroxyl groups is 1. The summed E-state index contributed by atoms with van der Waals surface area (Å²) in [5, 5.41) is 21.3. The van der Waals surface area contributed by atoms with Crippen molar-refractivity contribution < 1.29 is 19.7 Å². The smallest absolute Gasteiger partial charge is 0.264 e. The van der Waals surface area contributed by atoms with Crippen LogP contribution in [0.4, 0.5) is 0 Å². The minimum absolute atomic E-state index is 0.0448. The van der Waals surface area contributed by atoms with Gasteiger partial charge in [-0.25, -0.2) is 0 Å². The predicted octanol–water partition coefficient (Wildman–Crippen LogP) is 0.953. The molecule has 1 aromatic rings. The van der Waals surface area contributed by atoms with Crippen LogP contribution in [0.1, 0.15) is 5.56 Å². The van der Waals surface area contributed by atoms with Gasteiger partial charge in [-0.1, -0.05) is 6.07 Å². The van der Waals surface area contributed by atoms with E-state index < -0.39 is 0 Å². The van der Waals surface area contributed by atoms with E-state index in [1.165, 1.54) is 24.9 Å². The number of nitrogens with one attached hydrogen (secondary N) is 1. The molecule has 1 aromatic carbocycles. The Labute approximate surface area is 120 Å². The topological polar surface area (TPSA) is 91.2 Å². The summed E-state index contributed by atoms with van der Waals surface area (Å²) in [7, 11) is 1.46. The summed E-state index contributed by atoms with van der Waals surface area (Å²) < 4.78 is 5.01. The van der Waals surface area contributed by atoms with Crippen LogP contribution in [0.2, 0.25) is 0 Å². The fraction of sp³-hybridized carbons (Fsp3) is 0.231. The maximum atomic E-state index is 11.7. The molecule has 2 rings (SSSR count). The summed E-state index contributed by atoms with van der Waals surface area (Å²) in [6.45, 7) is 0.192. The van der Waals surface area contributed by atoms with Gasteiger partial charge in [0.25, 0.3) is 5.91 Å². The summed E-state index contributed by atoms with van der Waals surface area (Å²) in [5.41, 5.74) is 0.737. The number of carbonyl (C=O) groups excluding carboxylic acids is 1. The summed E-state index contributed by atoms with van der Waals surface area (Å²) >= 11 is 1.21. The first-order valence-corrected chi connectivity index (χ1v) is 6.69. The molecule has 0 spiro atoms. The Morgan fingerprint density at radius 2 is 2.30 bits per heavy atom. The van der Waals surface area contributed by atoms with Crippen LogP contribution in [-0.2, 0) is 4.79 Å². The fourth-order valence-corrected chi connectivity index (χ4v) is 2.44. The Bertz CT molecular complexity index is 584. The first kappa shape index (κ1) is 14.4. The molecule has 1 aliphatic heterocycles. The van der Waals surface area contributed by atoms with Gasteiger partial charge < -0.3 is 20.3 Å². The van der Waals surface area contributed by atoms with Crippen LogP contribution in [0, 0.1) is 0 Å². The highest BCUT2D eigenvalue weighted by Crippen LogP contribution is 2.30. The number of aliphatic imine (C=N–C) groups is 1. The van der Waals surface area contributed by atoms with Gasteiger partial charge in [-0.2, -0.15) is 0 Å². The molecular formula is C13H14N2O4S. The van der Waals surface area contributed by atoms with Gasteiger partial charge in [-0.05, 0) is 35.5 Å².